The van der Waals surface area contributed by atoms with E-state index in [0.29, 0.717) is 18.0 Å². The molecular weight excluding hydrogens is 322 g/mol. The summed E-state index contributed by atoms with van der Waals surface area (Å²) in [5.41, 5.74) is 3.60. The number of nitrogens with zero attached hydrogens (tertiary/aromatic N) is 1. The second-order valence-electron chi connectivity index (χ2n) is 5.06. The number of pyridine rings is 1. The number of urea groups is 1. The molecule has 5 nitrogen and oxygen atoms in total. The van der Waals surface area contributed by atoms with Crippen LogP contribution in [0.1, 0.15) is 5.56 Å². The third-order valence-corrected chi connectivity index (χ3v) is 4.14. The lowest BCUT2D eigenvalue weighted by Gasteiger charge is -2.11. The van der Waals surface area contributed by atoms with E-state index in [1.807, 2.05) is 47.2 Å². The number of methoxy groups -OCH3 is 1. The number of ether oxygens (including phenoxy) is 1. The van der Waals surface area contributed by atoms with Crippen LogP contribution in [0.3, 0.4) is 0 Å². The number of carbonyl (C=O) groups excluding carboxylic acids is 1. The van der Waals surface area contributed by atoms with Gasteiger partial charge in [-0.25, -0.2) is 4.79 Å². The lowest BCUT2D eigenvalue weighted by Crippen LogP contribution is -2.28. The summed E-state index contributed by atoms with van der Waals surface area (Å²) >= 11 is 1.62. The summed E-state index contributed by atoms with van der Waals surface area (Å²) in [7, 11) is 1.59. The van der Waals surface area contributed by atoms with E-state index < -0.39 is 0 Å². The van der Waals surface area contributed by atoms with E-state index in [9.17, 15) is 4.79 Å². The first-order chi connectivity index (χ1) is 11.8. The second-order valence-corrected chi connectivity index (χ2v) is 5.84. The van der Waals surface area contributed by atoms with Gasteiger partial charge in [0.15, 0.2) is 0 Å². The van der Waals surface area contributed by atoms with Crippen molar-refractivity contribution < 1.29 is 9.53 Å². The molecule has 2 aromatic heterocycles. The number of aromatic nitrogens is 1. The van der Waals surface area contributed by atoms with E-state index in [4.69, 9.17) is 4.74 Å². The van der Waals surface area contributed by atoms with E-state index in [0.717, 1.165) is 16.8 Å². The van der Waals surface area contributed by atoms with Crippen molar-refractivity contribution in [3.05, 3.63) is 65.0 Å². The summed E-state index contributed by atoms with van der Waals surface area (Å²) in [6.07, 6.45) is 1.76. The van der Waals surface area contributed by atoms with Gasteiger partial charge in [0.05, 0.1) is 12.8 Å². The topological polar surface area (TPSA) is 63.2 Å². The second kappa shape index (κ2) is 7.61. The minimum atomic E-state index is -0.275. The molecule has 0 unspecified atom stereocenters. The van der Waals surface area contributed by atoms with E-state index in [1.165, 1.54) is 0 Å². The SMILES string of the molecule is COc1cccc(NC(=O)NCc2cccnc2-c2ccsc2)c1. The maximum atomic E-state index is 12.1. The Bertz CT molecular complexity index is 819. The first-order valence-corrected chi connectivity index (χ1v) is 8.36. The molecule has 0 saturated heterocycles. The van der Waals surface area contributed by atoms with Gasteiger partial charge in [-0.1, -0.05) is 12.1 Å². The predicted molar refractivity (Wildman–Crippen MR) is 96.4 cm³/mol. The summed E-state index contributed by atoms with van der Waals surface area (Å²) < 4.78 is 5.14. The van der Waals surface area contributed by atoms with Gasteiger partial charge in [-0.05, 0) is 35.2 Å². The number of anilines is 1. The summed E-state index contributed by atoms with van der Waals surface area (Å²) in [4.78, 5) is 16.5. The highest BCUT2D eigenvalue weighted by atomic mass is 32.1. The molecular formula is C18H17N3O2S. The van der Waals surface area contributed by atoms with Crippen LogP contribution in [0.4, 0.5) is 10.5 Å². The number of hydrogen-bond acceptors (Lipinski definition) is 4. The number of nitrogens with one attached hydrogen (secondary N) is 2. The minimum absolute atomic E-state index is 0.275. The maximum Gasteiger partial charge on any atom is 0.319 e. The lowest BCUT2D eigenvalue weighted by atomic mass is 10.1. The Hall–Kier alpha value is -2.86. The van der Waals surface area contributed by atoms with E-state index >= 15 is 0 Å². The average molecular weight is 339 g/mol. The van der Waals surface area contributed by atoms with E-state index in [2.05, 4.69) is 15.6 Å². The lowest BCUT2D eigenvalue weighted by molar-refractivity contribution is 0.251. The van der Waals surface area contributed by atoms with Crippen molar-refractivity contribution in [3.8, 4) is 17.0 Å². The largest absolute Gasteiger partial charge is 0.497 e. The predicted octanol–water partition coefficient (Wildman–Crippen LogP) is 4.14. The molecule has 0 bridgehead atoms. The average Bonchev–Trinajstić information content (AvgIpc) is 3.15. The highest BCUT2D eigenvalue weighted by Gasteiger charge is 2.08. The third-order valence-electron chi connectivity index (χ3n) is 3.45. The van der Waals surface area contributed by atoms with Crippen LogP contribution < -0.4 is 15.4 Å². The normalized spacial score (nSPS) is 10.2. The molecule has 122 valence electrons. The van der Waals surface area contributed by atoms with Gasteiger partial charge in [-0.3, -0.25) is 4.98 Å². The number of rotatable bonds is 5. The Morgan fingerprint density at radius 3 is 2.96 bits per heavy atom. The van der Waals surface area contributed by atoms with Gasteiger partial charge in [0.25, 0.3) is 0 Å². The van der Waals surface area contributed by atoms with Crippen LogP contribution in [-0.2, 0) is 6.54 Å². The van der Waals surface area contributed by atoms with Crippen molar-refractivity contribution in [3.63, 3.8) is 0 Å². The molecule has 0 radical (unpaired) electrons. The molecule has 2 N–H and O–H groups in total. The van der Waals surface area contributed by atoms with Crippen LogP contribution in [0.15, 0.2) is 59.4 Å². The monoisotopic (exact) mass is 339 g/mol. The van der Waals surface area contributed by atoms with Crippen LogP contribution in [0.2, 0.25) is 0 Å². The molecule has 0 atom stereocenters. The molecule has 0 spiro atoms. The molecule has 1 aromatic carbocycles. The zero-order valence-electron chi connectivity index (χ0n) is 13.2. The Balaban J connectivity index is 1.65. The molecule has 0 aliphatic heterocycles. The zero-order chi connectivity index (χ0) is 16.8. The Labute approximate surface area is 144 Å². The standard InChI is InChI=1S/C18H17N3O2S/c1-23-16-6-2-5-15(10-16)21-18(22)20-11-13-4-3-8-19-17(13)14-7-9-24-12-14/h2-10,12H,11H2,1H3,(H2,20,21,22). The quantitative estimate of drug-likeness (QED) is 0.734. The first kappa shape index (κ1) is 16.0. The van der Waals surface area contributed by atoms with Crippen LogP contribution in [0.25, 0.3) is 11.3 Å². The fraction of sp³-hybridized carbons (Fsp3) is 0.111. The number of amides is 2. The molecule has 0 fully saturated rings. The number of hydrogen-bond donors (Lipinski definition) is 2. The molecule has 6 heteroatoms. The number of thiophene rings is 1. The highest BCUT2D eigenvalue weighted by Crippen LogP contribution is 2.23. The Morgan fingerprint density at radius 2 is 2.17 bits per heavy atom. The molecule has 3 rings (SSSR count). The van der Waals surface area contributed by atoms with Gasteiger partial charge in [0.1, 0.15) is 5.75 Å². The van der Waals surface area contributed by atoms with Crippen LogP contribution in [0, 0.1) is 0 Å². The van der Waals surface area contributed by atoms with E-state index in [1.54, 1.807) is 30.7 Å². The Morgan fingerprint density at radius 1 is 1.25 bits per heavy atom. The molecule has 0 aliphatic carbocycles. The fourth-order valence-electron chi connectivity index (χ4n) is 2.29. The van der Waals surface area contributed by atoms with Crippen molar-refractivity contribution in [2.45, 2.75) is 6.54 Å². The molecule has 2 heterocycles. The van der Waals surface area contributed by atoms with Gasteiger partial charge in [0.2, 0.25) is 0 Å². The van der Waals surface area contributed by atoms with Gasteiger partial charge in [-0.15, -0.1) is 0 Å². The van der Waals surface area contributed by atoms with Gasteiger partial charge in [-0.2, -0.15) is 11.3 Å². The van der Waals surface area contributed by atoms with Gasteiger partial charge >= 0.3 is 6.03 Å². The minimum Gasteiger partial charge on any atom is -0.497 e. The van der Waals surface area contributed by atoms with Crippen LogP contribution >= 0.6 is 11.3 Å². The molecule has 24 heavy (non-hydrogen) atoms. The summed E-state index contributed by atoms with van der Waals surface area (Å²) in [5, 5.41) is 9.71. The maximum absolute atomic E-state index is 12.1. The van der Waals surface area contributed by atoms with Gasteiger partial charge in [0, 0.05) is 35.4 Å². The number of benzene rings is 1. The Kier molecular flexibility index (Phi) is 5.08. The van der Waals surface area contributed by atoms with Crippen molar-refractivity contribution >= 4 is 23.1 Å². The van der Waals surface area contributed by atoms with Gasteiger partial charge < -0.3 is 15.4 Å². The van der Waals surface area contributed by atoms with Crippen LogP contribution in [0.5, 0.6) is 5.75 Å². The third kappa shape index (κ3) is 3.91. The summed E-state index contributed by atoms with van der Waals surface area (Å²) in [5.74, 6) is 0.694. The molecule has 0 saturated carbocycles. The highest BCUT2D eigenvalue weighted by molar-refractivity contribution is 7.08. The summed E-state index contributed by atoms with van der Waals surface area (Å²) in [6.45, 7) is 0.398. The molecule has 0 aliphatic rings. The van der Waals surface area contributed by atoms with Crippen molar-refractivity contribution in [1.29, 1.82) is 0 Å². The van der Waals surface area contributed by atoms with Crippen LogP contribution in [-0.4, -0.2) is 18.1 Å². The summed E-state index contributed by atoms with van der Waals surface area (Å²) in [6, 6.07) is 12.8. The van der Waals surface area contributed by atoms with Crippen molar-refractivity contribution in [1.82, 2.24) is 10.3 Å². The van der Waals surface area contributed by atoms with E-state index in [-0.39, 0.29) is 6.03 Å². The smallest absolute Gasteiger partial charge is 0.319 e. The molecule has 2 amide bonds. The number of carbonyl (C=O) groups is 1. The van der Waals surface area contributed by atoms with Crippen molar-refractivity contribution in [2.24, 2.45) is 0 Å². The van der Waals surface area contributed by atoms with Crippen molar-refractivity contribution in [2.75, 3.05) is 12.4 Å². The fourth-order valence-corrected chi connectivity index (χ4v) is 2.93. The first-order valence-electron chi connectivity index (χ1n) is 7.41. The zero-order valence-corrected chi connectivity index (χ0v) is 14.0. The molecule has 3 aromatic rings.